The Hall–Kier alpha value is -0.0800. The summed E-state index contributed by atoms with van der Waals surface area (Å²) in [4.78, 5) is 2.48. The highest BCUT2D eigenvalue weighted by atomic mass is 15.1. The van der Waals surface area contributed by atoms with E-state index in [1.165, 1.54) is 58.2 Å². The van der Waals surface area contributed by atoms with Crippen LogP contribution in [0.4, 0.5) is 0 Å². The first-order valence-corrected chi connectivity index (χ1v) is 6.25. The largest absolute Gasteiger partial charge is 0.313 e. The van der Waals surface area contributed by atoms with E-state index in [2.05, 4.69) is 24.2 Å². The van der Waals surface area contributed by atoms with Gasteiger partial charge >= 0.3 is 0 Å². The predicted octanol–water partition coefficient (Wildman–Crippen LogP) is 2.25. The van der Waals surface area contributed by atoms with E-state index in [1.807, 2.05) is 0 Å². The lowest BCUT2D eigenvalue weighted by Crippen LogP contribution is -2.42. The predicted molar refractivity (Wildman–Crippen MR) is 62.7 cm³/mol. The van der Waals surface area contributed by atoms with E-state index in [9.17, 15) is 0 Å². The SMILES string of the molecule is CCCCCN(C)CC1CCCCN1. The van der Waals surface area contributed by atoms with Gasteiger partial charge in [-0.2, -0.15) is 0 Å². The average Bonchev–Trinajstić information content (AvgIpc) is 2.20. The van der Waals surface area contributed by atoms with Gasteiger partial charge in [0.1, 0.15) is 0 Å². The molecule has 0 spiro atoms. The molecule has 84 valence electrons. The van der Waals surface area contributed by atoms with Gasteiger partial charge in [0.15, 0.2) is 0 Å². The highest BCUT2D eigenvalue weighted by Crippen LogP contribution is 2.08. The summed E-state index contributed by atoms with van der Waals surface area (Å²) in [5, 5.41) is 3.60. The van der Waals surface area contributed by atoms with Gasteiger partial charge in [-0.1, -0.05) is 26.2 Å². The Bertz CT molecular complexity index is 130. The second-order valence-corrected chi connectivity index (χ2v) is 4.62. The van der Waals surface area contributed by atoms with Gasteiger partial charge in [-0.25, -0.2) is 0 Å². The molecule has 2 heteroatoms. The van der Waals surface area contributed by atoms with E-state index in [1.54, 1.807) is 0 Å². The highest BCUT2D eigenvalue weighted by molar-refractivity contribution is 4.74. The highest BCUT2D eigenvalue weighted by Gasteiger charge is 2.13. The van der Waals surface area contributed by atoms with Crippen molar-refractivity contribution < 1.29 is 0 Å². The van der Waals surface area contributed by atoms with Crippen LogP contribution in [0.2, 0.25) is 0 Å². The quantitative estimate of drug-likeness (QED) is 0.659. The van der Waals surface area contributed by atoms with Gasteiger partial charge in [0.25, 0.3) is 0 Å². The third kappa shape index (κ3) is 4.97. The third-order valence-electron chi connectivity index (χ3n) is 3.09. The molecular formula is C12H26N2. The number of rotatable bonds is 6. The number of nitrogens with zero attached hydrogens (tertiary/aromatic N) is 1. The zero-order valence-corrected chi connectivity index (χ0v) is 9.89. The number of likely N-dealkylation sites (N-methyl/N-ethyl adjacent to an activating group) is 1. The summed E-state index contributed by atoms with van der Waals surface area (Å²) in [6.45, 7) is 6.01. The molecule has 1 heterocycles. The van der Waals surface area contributed by atoms with Crippen LogP contribution in [0.15, 0.2) is 0 Å². The minimum absolute atomic E-state index is 0.760. The van der Waals surface area contributed by atoms with Crippen LogP contribution in [-0.2, 0) is 0 Å². The van der Waals surface area contributed by atoms with Gasteiger partial charge in [-0.3, -0.25) is 0 Å². The minimum Gasteiger partial charge on any atom is -0.313 e. The lowest BCUT2D eigenvalue weighted by molar-refractivity contribution is 0.258. The number of hydrogen-bond donors (Lipinski definition) is 1. The van der Waals surface area contributed by atoms with Crippen molar-refractivity contribution >= 4 is 0 Å². The Morgan fingerprint density at radius 3 is 2.79 bits per heavy atom. The molecule has 0 aromatic heterocycles. The monoisotopic (exact) mass is 198 g/mol. The van der Waals surface area contributed by atoms with Gasteiger partial charge < -0.3 is 10.2 Å². The molecule has 0 saturated carbocycles. The molecule has 0 bridgehead atoms. The van der Waals surface area contributed by atoms with Crippen LogP contribution in [-0.4, -0.2) is 37.6 Å². The van der Waals surface area contributed by atoms with Crippen LogP contribution in [0.3, 0.4) is 0 Å². The second-order valence-electron chi connectivity index (χ2n) is 4.62. The average molecular weight is 198 g/mol. The van der Waals surface area contributed by atoms with Crippen molar-refractivity contribution in [3.63, 3.8) is 0 Å². The Balaban J connectivity index is 2.03. The molecule has 0 aromatic carbocycles. The molecule has 0 aliphatic carbocycles. The fraction of sp³-hybridized carbons (Fsp3) is 1.00. The van der Waals surface area contributed by atoms with Crippen molar-refractivity contribution in [3.8, 4) is 0 Å². The first kappa shape index (κ1) is 12.0. The van der Waals surface area contributed by atoms with Crippen LogP contribution in [0.1, 0.15) is 45.4 Å². The smallest absolute Gasteiger partial charge is 0.0194 e. The molecule has 1 unspecified atom stereocenters. The van der Waals surface area contributed by atoms with E-state index in [-0.39, 0.29) is 0 Å². The molecule has 1 N–H and O–H groups in total. The Morgan fingerprint density at radius 2 is 2.14 bits per heavy atom. The molecule has 0 radical (unpaired) electrons. The first-order valence-electron chi connectivity index (χ1n) is 6.25. The molecule has 1 aliphatic heterocycles. The maximum Gasteiger partial charge on any atom is 0.0194 e. The van der Waals surface area contributed by atoms with Crippen molar-refractivity contribution in [2.45, 2.75) is 51.5 Å². The number of nitrogens with one attached hydrogen (secondary N) is 1. The lowest BCUT2D eigenvalue weighted by Gasteiger charge is -2.28. The molecule has 2 nitrogen and oxygen atoms in total. The van der Waals surface area contributed by atoms with Gasteiger partial charge in [-0.05, 0) is 39.4 Å². The third-order valence-corrected chi connectivity index (χ3v) is 3.09. The van der Waals surface area contributed by atoms with Crippen molar-refractivity contribution in [2.24, 2.45) is 0 Å². The topological polar surface area (TPSA) is 15.3 Å². The van der Waals surface area contributed by atoms with E-state index in [0.717, 1.165) is 6.04 Å². The Labute approximate surface area is 89.1 Å². The first-order chi connectivity index (χ1) is 6.83. The summed E-state index contributed by atoms with van der Waals surface area (Å²) < 4.78 is 0. The van der Waals surface area contributed by atoms with Crippen LogP contribution in [0.5, 0.6) is 0 Å². The summed E-state index contributed by atoms with van der Waals surface area (Å²) in [6.07, 6.45) is 8.23. The maximum atomic E-state index is 3.60. The molecular weight excluding hydrogens is 172 g/mol. The maximum absolute atomic E-state index is 3.60. The molecule has 1 fully saturated rings. The molecule has 1 aliphatic rings. The Kier molecular flexibility index (Phi) is 6.20. The summed E-state index contributed by atoms with van der Waals surface area (Å²) in [6, 6.07) is 0.760. The van der Waals surface area contributed by atoms with Crippen LogP contribution in [0, 0.1) is 0 Å². The van der Waals surface area contributed by atoms with Crippen molar-refractivity contribution in [1.82, 2.24) is 10.2 Å². The summed E-state index contributed by atoms with van der Waals surface area (Å²) in [5.74, 6) is 0. The fourth-order valence-electron chi connectivity index (χ4n) is 2.18. The second kappa shape index (κ2) is 7.24. The minimum atomic E-state index is 0.760. The molecule has 1 atom stereocenters. The summed E-state index contributed by atoms with van der Waals surface area (Å²) >= 11 is 0. The molecule has 0 aromatic rings. The van der Waals surface area contributed by atoms with Crippen molar-refractivity contribution in [2.75, 3.05) is 26.7 Å². The fourth-order valence-corrected chi connectivity index (χ4v) is 2.18. The van der Waals surface area contributed by atoms with Crippen LogP contribution >= 0.6 is 0 Å². The van der Waals surface area contributed by atoms with Gasteiger partial charge in [0.2, 0.25) is 0 Å². The zero-order chi connectivity index (χ0) is 10.2. The van der Waals surface area contributed by atoms with Gasteiger partial charge in [0.05, 0.1) is 0 Å². The molecule has 14 heavy (non-hydrogen) atoms. The van der Waals surface area contributed by atoms with E-state index in [4.69, 9.17) is 0 Å². The van der Waals surface area contributed by atoms with Crippen LogP contribution in [0.25, 0.3) is 0 Å². The normalized spacial score (nSPS) is 22.9. The van der Waals surface area contributed by atoms with E-state index >= 15 is 0 Å². The number of piperidine rings is 1. The van der Waals surface area contributed by atoms with Gasteiger partial charge in [-0.15, -0.1) is 0 Å². The Morgan fingerprint density at radius 1 is 1.29 bits per heavy atom. The number of unbranched alkanes of at least 4 members (excludes halogenated alkanes) is 2. The van der Waals surface area contributed by atoms with Crippen molar-refractivity contribution in [1.29, 1.82) is 0 Å². The summed E-state index contributed by atoms with van der Waals surface area (Å²) in [5.41, 5.74) is 0. The number of hydrogen-bond acceptors (Lipinski definition) is 2. The summed E-state index contributed by atoms with van der Waals surface area (Å²) in [7, 11) is 2.26. The van der Waals surface area contributed by atoms with Gasteiger partial charge in [0, 0.05) is 12.6 Å². The van der Waals surface area contributed by atoms with Crippen molar-refractivity contribution in [3.05, 3.63) is 0 Å². The standard InChI is InChI=1S/C12H26N2/c1-3-4-7-10-14(2)11-12-8-5-6-9-13-12/h12-13H,3-11H2,1-2H3. The zero-order valence-electron chi connectivity index (χ0n) is 9.89. The van der Waals surface area contributed by atoms with E-state index in [0.29, 0.717) is 0 Å². The molecule has 1 saturated heterocycles. The molecule has 0 amide bonds. The van der Waals surface area contributed by atoms with Crippen LogP contribution < -0.4 is 5.32 Å². The lowest BCUT2D eigenvalue weighted by atomic mass is 10.0. The molecule has 1 rings (SSSR count). The van der Waals surface area contributed by atoms with E-state index < -0.39 is 0 Å².